The number of carboxylic acid groups (broad SMARTS) is 1. The number of aliphatic carboxylic acids is 1. The summed E-state index contributed by atoms with van der Waals surface area (Å²) in [5.74, 6) is -0.564. The van der Waals surface area contributed by atoms with Crippen molar-refractivity contribution in [2.75, 3.05) is 0 Å². The number of oxazole rings is 1. The van der Waals surface area contributed by atoms with E-state index in [1.165, 1.54) is 0 Å². The lowest BCUT2D eigenvalue weighted by molar-refractivity contribution is -0.136. The lowest BCUT2D eigenvalue weighted by Crippen LogP contribution is -1.97. The first-order chi connectivity index (χ1) is 9.11. The zero-order chi connectivity index (χ0) is 13.4. The van der Waals surface area contributed by atoms with Gasteiger partial charge in [0.2, 0.25) is 0 Å². The molecule has 6 heteroatoms. The van der Waals surface area contributed by atoms with E-state index in [-0.39, 0.29) is 6.42 Å². The van der Waals surface area contributed by atoms with E-state index in [0.29, 0.717) is 28.2 Å². The van der Waals surface area contributed by atoms with Crippen LogP contribution in [-0.4, -0.2) is 16.1 Å². The smallest absolute Gasteiger partial charge is 0.417 e. The van der Waals surface area contributed by atoms with Crippen molar-refractivity contribution in [1.29, 1.82) is 0 Å². The molecule has 6 nitrogen and oxygen atoms in total. The number of hydrogen-bond donors (Lipinski definition) is 2. The van der Waals surface area contributed by atoms with Crippen LogP contribution in [0.15, 0.2) is 44.0 Å². The number of nitrogens with one attached hydrogen (secondary N) is 1. The highest BCUT2D eigenvalue weighted by Gasteiger charge is 2.09. The van der Waals surface area contributed by atoms with Gasteiger partial charge in [0.25, 0.3) is 0 Å². The number of H-pyrrole nitrogens is 1. The van der Waals surface area contributed by atoms with Crippen molar-refractivity contribution >= 4 is 17.1 Å². The summed E-state index contributed by atoms with van der Waals surface area (Å²) in [5, 5.41) is 8.68. The highest BCUT2D eigenvalue weighted by molar-refractivity contribution is 5.78. The molecule has 2 heterocycles. The molecule has 0 radical (unpaired) electrons. The summed E-state index contributed by atoms with van der Waals surface area (Å²) < 4.78 is 10.4. The minimum atomic E-state index is -0.951. The van der Waals surface area contributed by atoms with Crippen LogP contribution in [0.5, 0.6) is 0 Å². The van der Waals surface area contributed by atoms with Crippen molar-refractivity contribution in [3.05, 3.63) is 46.6 Å². The molecule has 2 aromatic heterocycles. The third-order valence-electron chi connectivity index (χ3n) is 2.69. The second-order valence-electron chi connectivity index (χ2n) is 4.06. The maximum Gasteiger partial charge on any atom is 0.417 e. The minimum Gasteiger partial charge on any atom is -0.481 e. The van der Waals surface area contributed by atoms with E-state index in [4.69, 9.17) is 13.9 Å². The molecule has 1 aromatic carbocycles. The van der Waals surface area contributed by atoms with E-state index in [2.05, 4.69) is 4.98 Å². The number of aromatic nitrogens is 1. The number of benzene rings is 1. The highest BCUT2D eigenvalue weighted by atomic mass is 16.4. The summed E-state index contributed by atoms with van der Waals surface area (Å²) in [7, 11) is 0. The van der Waals surface area contributed by atoms with Crippen LogP contribution < -0.4 is 5.76 Å². The molecule has 3 aromatic rings. The topological polar surface area (TPSA) is 96.4 Å². The number of carboxylic acids is 1. The quantitative estimate of drug-likeness (QED) is 0.749. The Labute approximate surface area is 106 Å². The number of carbonyl (C=O) groups is 1. The summed E-state index contributed by atoms with van der Waals surface area (Å²) in [4.78, 5) is 24.2. The van der Waals surface area contributed by atoms with Gasteiger partial charge in [-0.25, -0.2) is 4.79 Å². The van der Waals surface area contributed by atoms with Crippen LogP contribution in [0.1, 0.15) is 5.76 Å². The monoisotopic (exact) mass is 259 g/mol. The van der Waals surface area contributed by atoms with E-state index in [9.17, 15) is 9.59 Å². The molecule has 0 saturated heterocycles. The Morgan fingerprint density at radius 1 is 1.21 bits per heavy atom. The van der Waals surface area contributed by atoms with Gasteiger partial charge in [-0.1, -0.05) is 0 Å². The zero-order valence-corrected chi connectivity index (χ0v) is 9.67. The van der Waals surface area contributed by atoms with Crippen molar-refractivity contribution < 1.29 is 18.7 Å². The van der Waals surface area contributed by atoms with Gasteiger partial charge < -0.3 is 13.9 Å². The largest absolute Gasteiger partial charge is 0.481 e. The molecule has 3 rings (SSSR count). The fourth-order valence-electron chi connectivity index (χ4n) is 1.88. The predicted molar refractivity (Wildman–Crippen MR) is 65.9 cm³/mol. The van der Waals surface area contributed by atoms with Gasteiger partial charge >= 0.3 is 11.7 Å². The molecule has 0 spiro atoms. The van der Waals surface area contributed by atoms with E-state index in [0.717, 1.165) is 0 Å². The first-order valence-corrected chi connectivity index (χ1v) is 5.55. The molecule has 96 valence electrons. The molecule has 0 aliphatic rings. The number of fused-ring (bicyclic) bond motifs is 1. The van der Waals surface area contributed by atoms with E-state index in [1.807, 2.05) is 0 Å². The molecular weight excluding hydrogens is 250 g/mol. The lowest BCUT2D eigenvalue weighted by Gasteiger charge is -1.96. The average Bonchev–Trinajstić information content (AvgIpc) is 2.92. The second-order valence-corrected chi connectivity index (χ2v) is 4.06. The van der Waals surface area contributed by atoms with Crippen LogP contribution in [0.2, 0.25) is 0 Å². The minimum absolute atomic E-state index is 0.165. The van der Waals surface area contributed by atoms with Gasteiger partial charge in [-0.05, 0) is 30.3 Å². The Morgan fingerprint density at radius 3 is 2.84 bits per heavy atom. The molecule has 0 atom stereocenters. The molecule has 0 amide bonds. The van der Waals surface area contributed by atoms with E-state index < -0.39 is 11.7 Å². The van der Waals surface area contributed by atoms with Crippen LogP contribution in [0, 0.1) is 0 Å². The molecule has 0 saturated carbocycles. The van der Waals surface area contributed by atoms with Crippen LogP contribution in [-0.2, 0) is 11.2 Å². The van der Waals surface area contributed by atoms with Crippen LogP contribution >= 0.6 is 0 Å². The van der Waals surface area contributed by atoms with Gasteiger partial charge in [-0.2, -0.15) is 0 Å². The lowest BCUT2D eigenvalue weighted by atomic mass is 10.1. The van der Waals surface area contributed by atoms with Gasteiger partial charge in [0, 0.05) is 5.56 Å². The fourth-order valence-corrected chi connectivity index (χ4v) is 1.88. The number of rotatable bonds is 3. The van der Waals surface area contributed by atoms with E-state index >= 15 is 0 Å². The first kappa shape index (κ1) is 11.3. The van der Waals surface area contributed by atoms with Gasteiger partial charge in [-0.3, -0.25) is 9.78 Å². The van der Waals surface area contributed by atoms with Gasteiger partial charge in [-0.15, -0.1) is 0 Å². The number of hydrogen-bond acceptors (Lipinski definition) is 4. The molecule has 0 aliphatic heterocycles. The fraction of sp³-hybridized carbons (Fsp3) is 0.0769. The van der Waals surface area contributed by atoms with Gasteiger partial charge in [0.05, 0.1) is 5.52 Å². The summed E-state index contributed by atoms with van der Waals surface area (Å²) in [5.41, 5.74) is 1.75. The Hall–Kier alpha value is -2.76. The first-order valence-electron chi connectivity index (χ1n) is 5.55. The van der Waals surface area contributed by atoms with Crippen molar-refractivity contribution in [1.82, 2.24) is 4.98 Å². The molecule has 19 heavy (non-hydrogen) atoms. The average molecular weight is 259 g/mol. The maximum absolute atomic E-state index is 11.1. The third-order valence-corrected chi connectivity index (χ3v) is 2.69. The zero-order valence-electron chi connectivity index (χ0n) is 9.67. The number of furan rings is 1. The van der Waals surface area contributed by atoms with Gasteiger partial charge in [0.1, 0.15) is 17.9 Å². The third kappa shape index (κ3) is 2.15. The Balaban J connectivity index is 2.01. The summed E-state index contributed by atoms with van der Waals surface area (Å²) in [6, 6.07) is 8.42. The Bertz CT molecular complexity index is 808. The Morgan fingerprint density at radius 2 is 2.05 bits per heavy atom. The Kier molecular flexibility index (Phi) is 2.49. The molecule has 2 N–H and O–H groups in total. The maximum atomic E-state index is 11.1. The molecule has 0 aliphatic carbocycles. The van der Waals surface area contributed by atoms with E-state index in [1.54, 1.807) is 30.3 Å². The van der Waals surface area contributed by atoms with Crippen LogP contribution in [0.25, 0.3) is 22.4 Å². The standard InChI is InChI=1S/C13H9NO5/c15-12(16)6-8-2-4-10(18-8)7-1-3-9-11(5-7)19-13(17)14-9/h1-5H,6H2,(H,14,17)(H,15,16). The van der Waals surface area contributed by atoms with Crippen LogP contribution in [0.3, 0.4) is 0 Å². The summed E-state index contributed by atoms with van der Waals surface area (Å²) in [6.45, 7) is 0. The number of aromatic amines is 1. The SMILES string of the molecule is O=C(O)Cc1ccc(-c2ccc3[nH]c(=O)oc3c2)o1. The summed E-state index contributed by atoms with van der Waals surface area (Å²) in [6.07, 6.45) is -0.165. The van der Waals surface area contributed by atoms with Crippen molar-refractivity contribution in [2.24, 2.45) is 0 Å². The normalized spacial score (nSPS) is 10.9. The molecule has 0 unspecified atom stereocenters. The van der Waals surface area contributed by atoms with Gasteiger partial charge in [0.15, 0.2) is 5.58 Å². The predicted octanol–water partition coefficient (Wildman–Crippen LogP) is 2.01. The van der Waals surface area contributed by atoms with Crippen molar-refractivity contribution in [2.45, 2.75) is 6.42 Å². The molecule has 0 fully saturated rings. The molecule has 0 bridgehead atoms. The highest BCUT2D eigenvalue weighted by Crippen LogP contribution is 2.25. The summed E-state index contributed by atoms with van der Waals surface area (Å²) >= 11 is 0. The van der Waals surface area contributed by atoms with Crippen molar-refractivity contribution in [3.63, 3.8) is 0 Å². The molecular formula is C13H9NO5. The second kappa shape index (κ2) is 4.16. The van der Waals surface area contributed by atoms with Crippen LogP contribution in [0.4, 0.5) is 0 Å². The van der Waals surface area contributed by atoms with Crippen molar-refractivity contribution in [3.8, 4) is 11.3 Å².